The van der Waals surface area contributed by atoms with Crippen LogP contribution < -0.4 is 5.32 Å². The van der Waals surface area contributed by atoms with E-state index in [-0.39, 0.29) is 11.9 Å². The van der Waals surface area contributed by atoms with Gasteiger partial charge in [-0.3, -0.25) is 14.8 Å². The van der Waals surface area contributed by atoms with Crippen molar-refractivity contribution < 1.29 is 4.79 Å². The first-order chi connectivity index (χ1) is 11.2. The molecule has 120 valence electrons. The number of hydrogen-bond donors (Lipinski definition) is 2. The van der Waals surface area contributed by atoms with E-state index in [4.69, 9.17) is 0 Å². The van der Waals surface area contributed by atoms with E-state index in [0.29, 0.717) is 5.92 Å². The fourth-order valence-electron chi connectivity index (χ4n) is 3.67. The van der Waals surface area contributed by atoms with Crippen molar-refractivity contribution in [2.45, 2.75) is 38.1 Å². The van der Waals surface area contributed by atoms with Crippen molar-refractivity contribution in [3.8, 4) is 0 Å². The van der Waals surface area contributed by atoms with E-state index in [1.165, 1.54) is 5.56 Å². The van der Waals surface area contributed by atoms with Crippen LogP contribution in [0.5, 0.6) is 0 Å². The van der Waals surface area contributed by atoms with Crippen LogP contribution in [0.25, 0.3) is 0 Å². The number of nitrogens with one attached hydrogen (secondary N) is 2. The molecule has 4 rings (SSSR count). The molecular formula is C17H21N5O. The number of hydrogen-bond acceptors (Lipinski definition) is 4. The van der Waals surface area contributed by atoms with Crippen LogP contribution in [0.1, 0.15) is 36.0 Å². The quantitative estimate of drug-likeness (QED) is 0.888. The summed E-state index contributed by atoms with van der Waals surface area (Å²) in [5.74, 6) is 2.16. The zero-order valence-corrected chi connectivity index (χ0v) is 13.2. The summed E-state index contributed by atoms with van der Waals surface area (Å²) < 4.78 is 0. The highest BCUT2D eigenvalue weighted by atomic mass is 16.2. The molecule has 1 aromatic heterocycles. The SMILES string of the molecule is Cc1nc(C2CCN(C3CCc4ccccc4NC3=O)C2)n[nH]1. The second-order valence-electron chi connectivity index (χ2n) is 6.46. The Morgan fingerprint density at radius 1 is 1.26 bits per heavy atom. The van der Waals surface area contributed by atoms with Gasteiger partial charge in [-0.25, -0.2) is 4.98 Å². The monoisotopic (exact) mass is 311 g/mol. The van der Waals surface area contributed by atoms with Crippen LogP contribution in [0.4, 0.5) is 5.69 Å². The predicted octanol–water partition coefficient (Wildman–Crippen LogP) is 1.86. The predicted molar refractivity (Wildman–Crippen MR) is 87.2 cm³/mol. The zero-order valence-electron chi connectivity index (χ0n) is 13.2. The third-order valence-corrected chi connectivity index (χ3v) is 4.91. The number of carbonyl (C=O) groups excluding carboxylic acids is 1. The molecule has 0 saturated carbocycles. The van der Waals surface area contributed by atoms with Crippen LogP contribution in [-0.2, 0) is 11.2 Å². The van der Waals surface area contributed by atoms with Crippen LogP contribution in [-0.4, -0.2) is 45.1 Å². The smallest absolute Gasteiger partial charge is 0.241 e. The normalized spacial score (nSPS) is 25.0. The summed E-state index contributed by atoms with van der Waals surface area (Å²) in [6.07, 6.45) is 2.80. The first-order valence-corrected chi connectivity index (χ1v) is 8.22. The number of H-pyrrole nitrogens is 1. The van der Waals surface area contributed by atoms with Gasteiger partial charge in [-0.15, -0.1) is 0 Å². The van der Waals surface area contributed by atoms with Gasteiger partial charge in [0.1, 0.15) is 5.82 Å². The third kappa shape index (κ3) is 2.74. The Hall–Kier alpha value is -2.21. The molecule has 1 saturated heterocycles. The molecule has 6 nitrogen and oxygen atoms in total. The van der Waals surface area contributed by atoms with Gasteiger partial charge in [0.25, 0.3) is 0 Å². The topological polar surface area (TPSA) is 73.9 Å². The Morgan fingerprint density at radius 2 is 2.13 bits per heavy atom. The summed E-state index contributed by atoms with van der Waals surface area (Å²) >= 11 is 0. The number of anilines is 1. The number of para-hydroxylation sites is 1. The number of likely N-dealkylation sites (tertiary alicyclic amines) is 1. The first kappa shape index (κ1) is 14.4. The summed E-state index contributed by atoms with van der Waals surface area (Å²) in [6, 6.07) is 8.02. The van der Waals surface area contributed by atoms with Crippen molar-refractivity contribution in [2.24, 2.45) is 0 Å². The van der Waals surface area contributed by atoms with E-state index in [9.17, 15) is 4.79 Å². The van der Waals surface area contributed by atoms with Crippen LogP contribution in [0.15, 0.2) is 24.3 Å². The molecule has 2 aliphatic heterocycles. The Bertz CT molecular complexity index is 725. The average molecular weight is 311 g/mol. The van der Waals surface area contributed by atoms with Gasteiger partial charge in [0, 0.05) is 18.2 Å². The summed E-state index contributed by atoms with van der Waals surface area (Å²) in [7, 11) is 0. The average Bonchev–Trinajstić information content (AvgIpc) is 3.14. The number of aryl methyl sites for hydroxylation is 2. The van der Waals surface area contributed by atoms with Crippen molar-refractivity contribution in [2.75, 3.05) is 18.4 Å². The molecule has 23 heavy (non-hydrogen) atoms. The van der Waals surface area contributed by atoms with Crippen LogP contribution in [0, 0.1) is 6.92 Å². The first-order valence-electron chi connectivity index (χ1n) is 8.22. The van der Waals surface area contributed by atoms with E-state index in [1.54, 1.807) is 0 Å². The lowest BCUT2D eigenvalue weighted by Crippen LogP contribution is -2.42. The maximum absolute atomic E-state index is 12.6. The Balaban J connectivity index is 1.48. The number of rotatable bonds is 2. The van der Waals surface area contributed by atoms with Crippen LogP contribution >= 0.6 is 0 Å². The minimum absolute atomic E-state index is 0.0626. The molecular weight excluding hydrogens is 290 g/mol. The molecule has 3 heterocycles. The lowest BCUT2D eigenvalue weighted by atomic mass is 10.1. The van der Waals surface area contributed by atoms with Crippen molar-refractivity contribution in [3.63, 3.8) is 0 Å². The van der Waals surface area contributed by atoms with Crippen molar-refractivity contribution in [1.29, 1.82) is 0 Å². The second-order valence-corrected chi connectivity index (χ2v) is 6.46. The van der Waals surface area contributed by atoms with Crippen molar-refractivity contribution >= 4 is 11.6 Å². The highest BCUT2D eigenvalue weighted by Gasteiger charge is 2.35. The minimum atomic E-state index is -0.0626. The Morgan fingerprint density at radius 3 is 2.96 bits per heavy atom. The lowest BCUT2D eigenvalue weighted by molar-refractivity contribution is -0.121. The summed E-state index contributed by atoms with van der Waals surface area (Å²) in [5, 5.41) is 10.3. The standard InChI is InChI=1S/C17H21N5O/c1-11-18-16(21-20-11)13-8-9-22(10-13)15-7-6-12-4-2-3-5-14(12)19-17(15)23/h2-5,13,15H,6-10H2,1H3,(H,19,23)(H,18,20,21). The minimum Gasteiger partial charge on any atom is -0.324 e. The van der Waals surface area contributed by atoms with Gasteiger partial charge in [-0.1, -0.05) is 18.2 Å². The number of aromatic nitrogens is 3. The Labute approximate surface area is 135 Å². The van der Waals surface area contributed by atoms with Crippen LogP contribution in [0.2, 0.25) is 0 Å². The molecule has 1 fully saturated rings. The van der Waals surface area contributed by atoms with E-state index in [2.05, 4.69) is 31.5 Å². The van der Waals surface area contributed by atoms with E-state index in [1.807, 2.05) is 25.1 Å². The number of aromatic amines is 1. The summed E-state index contributed by atoms with van der Waals surface area (Å²) in [5.41, 5.74) is 2.18. The number of amides is 1. The number of fused-ring (bicyclic) bond motifs is 1. The van der Waals surface area contributed by atoms with E-state index in [0.717, 1.165) is 49.7 Å². The molecule has 2 aromatic rings. The van der Waals surface area contributed by atoms with Gasteiger partial charge in [-0.05, 0) is 44.4 Å². The summed E-state index contributed by atoms with van der Waals surface area (Å²) in [4.78, 5) is 19.4. The fourth-order valence-corrected chi connectivity index (χ4v) is 3.67. The molecule has 0 radical (unpaired) electrons. The molecule has 1 aromatic carbocycles. The van der Waals surface area contributed by atoms with Gasteiger partial charge >= 0.3 is 0 Å². The molecule has 0 bridgehead atoms. The highest BCUT2D eigenvalue weighted by Crippen LogP contribution is 2.30. The highest BCUT2D eigenvalue weighted by molar-refractivity contribution is 5.96. The molecule has 1 amide bonds. The molecule has 2 atom stereocenters. The Kier molecular flexibility index (Phi) is 3.61. The number of benzene rings is 1. The molecule has 2 aliphatic rings. The third-order valence-electron chi connectivity index (χ3n) is 4.91. The number of nitrogens with zero attached hydrogens (tertiary/aromatic N) is 3. The molecule has 2 unspecified atom stereocenters. The van der Waals surface area contributed by atoms with Gasteiger partial charge < -0.3 is 5.32 Å². The second kappa shape index (κ2) is 5.77. The van der Waals surface area contributed by atoms with Crippen molar-refractivity contribution in [1.82, 2.24) is 20.1 Å². The maximum Gasteiger partial charge on any atom is 0.241 e. The van der Waals surface area contributed by atoms with E-state index >= 15 is 0 Å². The van der Waals surface area contributed by atoms with E-state index < -0.39 is 0 Å². The molecule has 0 spiro atoms. The largest absolute Gasteiger partial charge is 0.324 e. The maximum atomic E-state index is 12.6. The molecule has 0 aliphatic carbocycles. The molecule has 2 N–H and O–H groups in total. The van der Waals surface area contributed by atoms with Crippen molar-refractivity contribution in [3.05, 3.63) is 41.5 Å². The fraction of sp³-hybridized carbons (Fsp3) is 0.471. The molecule has 6 heteroatoms. The van der Waals surface area contributed by atoms with Gasteiger partial charge in [0.15, 0.2) is 5.82 Å². The van der Waals surface area contributed by atoms with Gasteiger partial charge in [0.05, 0.1) is 6.04 Å². The lowest BCUT2D eigenvalue weighted by Gasteiger charge is -2.25. The zero-order chi connectivity index (χ0) is 15.8. The van der Waals surface area contributed by atoms with Crippen LogP contribution in [0.3, 0.4) is 0 Å². The van der Waals surface area contributed by atoms with Gasteiger partial charge in [0.2, 0.25) is 5.91 Å². The van der Waals surface area contributed by atoms with Gasteiger partial charge in [-0.2, -0.15) is 5.10 Å². The number of carbonyl (C=O) groups is 1. The summed E-state index contributed by atoms with van der Waals surface area (Å²) in [6.45, 7) is 3.69.